The van der Waals surface area contributed by atoms with Crippen LogP contribution in [-0.4, -0.2) is 19.2 Å². The van der Waals surface area contributed by atoms with Crippen LogP contribution in [0.15, 0.2) is 30.3 Å². The highest BCUT2D eigenvalue weighted by atomic mass is 16.5. The summed E-state index contributed by atoms with van der Waals surface area (Å²) in [5, 5.41) is 10.8. The fourth-order valence-electron chi connectivity index (χ4n) is 0.998. The predicted octanol–water partition coefficient (Wildman–Crippen LogP) is 1.30. The zero-order valence-corrected chi connectivity index (χ0v) is 8.27. The summed E-state index contributed by atoms with van der Waals surface area (Å²) in [6.45, 7) is 0.473. The second-order valence-corrected chi connectivity index (χ2v) is 2.83. The molecular weight excluding hydrogens is 192 g/mol. The SMILES string of the molecule is N#CCCOCNC(=O)c1ccccc1. The Balaban J connectivity index is 2.23. The Kier molecular flexibility index (Phi) is 4.91. The Hall–Kier alpha value is -1.86. The first-order valence-corrected chi connectivity index (χ1v) is 4.62. The Labute approximate surface area is 88.5 Å². The van der Waals surface area contributed by atoms with Gasteiger partial charge in [0, 0.05) is 5.56 Å². The van der Waals surface area contributed by atoms with Crippen LogP contribution in [-0.2, 0) is 4.74 Å². The third-order valence-corrected chi connectivity index (χ3v) is 1.73. The van der Waals surface area contributed by atoms with Gasteiger partial charge in [-0.2, -0.15) is 5.26 Å². The lowest BCUT2D eigenvalue weighted by molar-refractivity contribution is 0.0803. The maximum Gasteiger partial charge on any atom is 0.253 e. The third-order valence-electron chi connectivity index (χ3n) is 1.73. The van der Waals surface area contributed by atoms with Gasteiger partial charge in [-0.3, -0.25) is 4.79 Å². The van der Waals surface area contributed by atoms with Crippen LogP contribution in [0.5, 0.6) is 0 Å². The lowest BCUT2D eigenvalue weighted by Crippen LogP contribution is -2.26. The van der Waals surface area contributed by atoms with E-state index in [-0.39, 0.29) is 12.6 Å². The molecule has 1 rings (SSSR count). The van der Waals surface area contributed by atoms with Crippen LogP contribution in [0.4, 0.5) is 0 Å². The average molecular weight is 204 g/mol. The van der Waals surface area contributed by atoms with E-state index < -0.39 is 0 Å². The lowest BCUT2D eigenvalue weighted by Gasteiger charge is -2.04. The number of nitriles is 1. The Morgan fingerprint density at radius 2 is 2.13 bits per heavy atom. The molecule has 0 heterocycles. The minimum absolute atomic E-state index is 0.134. The van der Waals surface area contributed by atoms with Gasteiger partial charge in [0.25, 0.3) is 5.91 Å². The highest BCUT2D eigenvalue weighted by Gasteiger charge is 2.02. The topological polar surface area (TPSA) is 62.1 Å². The van der Waals surface area contributed by atoms with Crippen LogP contribution in [0, 0.1) is 11.3 Å². The normalized spacial score (nSPS) is 9.27. The predicted molar refractivity (Wildman–Crippen MR) is 55.0 cm³/mol. The molecule has 0 aliphatic carbocycles. The van der Waals surface area contributed by atoms with E-state index in [1.54, 1.807) is 24.3 Å². The maximum atomic E-state index is 11.4. The second-order valence-electron chi connectivity index (χ2n) is 2.83. The molecule has 0 bridgehead atoms. The van der Waals surface area contributed by atoms with Crippen LogP contribution in [0.3, 0.4) is 0 Å². The fourth-order valence-corrected chi connectivity index (χ4v) is 0.998. The van der Waals surface area contributed by atoms with E-state index in [2.05, 4.69) is 5.32 Å². The van der Waals surface area contributed by atoms with Crippen molar-refractivity contribution in [2.45, 2.75) is 6.42 Å². The molecule has 1 aromatic rings. The van der Waals surface area contributed by atoms with Gasteiger partial charge in [0.05, 0.1) is 19.1 Å². The molecule has 4 heteroatoms. The Bertz CT molecular complexity index is 343. The highest BCUT2D eigenvalue weighted by molar-refractivity contribution is 5.93. The molecule has 0 radical (unpaired) electrons. The molecule has 78 valence electrons. The van der Waals surface area contributed by atoms with Gasteiger partial charge in [0.1, 0.15) is 6.73 Å². The summed E-state index contributed by atoms with van der Waals surface area (Å²) in [4.78, 5) is 11.4. The van der Waals surface area contributed by atoms with E-state index in [0.717, 1.165) is 0 Å². The van der Waals surface area contributed by atoms with Gasteiger partial charge in [0.15, 0.2) is 0 Å². The molecule has 0 aromatic heterocycles. The minimum Gasteiger partial charge on any atom is -0.360 e. The molecule has 0 saturated carbocycles. The van der Waals surface area contributed by atoms with Crippen molar-refractivity contribution in [2.24, 2.45) is 0 Å². The molecule has 0 unspecified atom stereocenters. The van der Waals surface area contributed by atoms with Crippen molar-refractivity contribution in [3.8, 4) is 6.07 Å². The highest BCUT2D eigenvalue weighted by Crippen LogP contribution is 1.97. The van der Waals surface area contributed by atoms with E-state index >= 15 is 0 Å². The number of benzene rings is 1. The standard InChI is InChI=1S/C11H12N2O2/c12-7-4-8-15-9-13-11(14)10-5-2-1-3-6-10/h1-3,5-6H,4,8-9H2,(H,13,14). The maximum absolute atomic E-state index is 11.4. The summed E-state index contributed by atoms with van der Waals surface area (Å²) < 4.78 is 5.01. The second kappa shape index (κ2) is 6.57. The fraction of sp³-hybridized carbons (Fsp3) is 0.273. The molecule has 0 fully saturated rings. The van der Waals surface area contributed by atoms with Crippen LogP contribution in [0.1, 0.15) is 16.8 Å². The molecule has 0 saturated heterocycles. The van der Waals surface area contributed by atoms with Gasteiger partial charge in [-0.05, 0) is 12.1 Å². The van der Waals surface area contributed by atoms with Crippen LogP contribution in [0.25, 0.3) is 0 Å². The van der Waals surface area contributed by atoms with E-state index in [9.17, 15) is 4.79 Å². The van der Waals surface area contributed by atoms with Crippen LogP contribution in [0.2, 0.25) is 0 Å². The van der Waals surface area contributed by atoms with Gasteiger partial charge in [0.2, 0.25) is 0 Å². The molecule has 4 nitrogen and oxygen atoms in total. The molecular formula is C11H12N2O2. The number of rotatable bonds is 5. The van der Waals surface area contributed by atoms with Gasteiger partial charge in [-0.1, -0.05) is 18.2 Å². The van der Waals surface area contributed by atoms with Gasteiger partial charge < -0.3 is 10.1 Å². The first-order valence-electron chi connectivity index (χ1n) is 4.62. The summed E-state index contributed by atoms with van der Waals surface area (Å²) in [5.41, 5.74) is 0.599. The van der Waals surface area contributed by atoms with E-state index in [0.29, 0.717) is 18.6 Å². The van der Waals surface area contributed by atoms with Crippen LogP contribution >= 0.6 is 0 Å². The number of carbonyl (C=O) groups is 1. The first-order chi connectivity index (χ1) is 7.34. The number of ether oxygens (including phenoxy) is 1. The van der Waals surface area contributed by atoms with Gasteiger partial charge in [-0.25, -0.2) is 0 Å². The minimum atomic E-state index is -0.174. The van der Waals surface area contributed by atoms with E-state index in [1.807, 2.05) is 12.1 Å². The van der Waals surface area contributed by atoms with E-state index in [4.69, 9.17) is 10.00 Å². The molecule has 0 atom stereocenters. The van der Waals surface area contributed by atoms with Crippen molar-refractivity contribution >= 4 is 5.91 Å². The molecule has 1 aromatic carbocycles. The number of hydrogen-bond acceptors (Lipinski definition) is 3. The monoisotopic (exact) mass is 204 g/mol. The first kappa shape index (κ1) is 11.2. The summed E-state index contributed by atoms with van der Waals surface area (Å²) in [5.74, 6) is -0.174. The summed E-state index contributed by atoms with van der Waals surface area (Å²) >= 11 is 0. The Morgan fingerprint density at radius 1 is 1.40 bits per heavy atom. The zero-order valence-electron chi connectivity index (χ0n) is 8.27. The average Bonchev–Trinajstić information content (AvgIpc) is 2.30. The van der Waals surface area contributed by atoms with Crippen molar-refractivity contribution in [1.82, 2.24) is 5.32 Å². The van der Waals surface area contributed by atoms with Gasteiger partial charge >= 0.3 is 0 Å². The number of carbonyl (C=O) groups excluding carboxylic acids is 1. The van der Waals surface area contributed by atoms with Gasteiger partial charge in [-0.15, -0.1) is 0 Å². The summed E-state index contributed by atoms with van der Waals surface area (Å²) in [6, 6.07) is 10.8. The molecule has 1 amide bonds. The zero-order chi connectivity index (χ0) is 10.9. The summed E-state index contributed by atoms with van der Waals surface area (Å²) in [7, 11) is 0. The number of amides is 1. The number of nitrogens with one attached hydrogen (secondary N) is 1. The number of hydrogen-bond donors (Lipinski definition) is 1. The molecule has 0 aliphatic heterocycles. The van der Waals surface area contributed by atoms with Crippen molar-refractivity contribution in [3.05, 3.63) is 35.9 Å². The van der Waals surface area contributed by atoms with Crippen molar-refractivity contribution in [1.29, 1.82) is 5.26 Å². The molecule has 1 N–H and O–H groups in total. The Morgan fingerprint density at radius 3 is 2.80 bits per heavy atom. The molecule has 15 heavy (non-hydrogen) atoms. The largest absolute Gasteiger partial charge is 0.360 e. The van der Waals surface area contributed by atoms with Crippen molar-refractivity contribution < 1.29 is 9.53 Å². The number of nitrogens with zero attached hydrogens (tertiary/aromatic N) is 1. The van der Waals surface area contributed by atoms with Crippen molar-refractivity contribution in [3.63, 3.8) is 0 Å². The smallest absolute Gasteiger partial charge is 0.253 e. The quantitative estimate of drug-likeness (QED) is 0.581. The molecule has 0 aliphatic rings. The van der Waals surface area contributed by atoms with Crippen molar-refractivity contribution in [2.75, 3.05) is 13.3 Å². The lowest BCUT2D eigenvalue weighted by atomic mass is 10.2. The van der Waals surface area contributed by atoms with E-state index in [1.165, 1.54) is 0 Å². The molecule has 0 spiro atoms. The third kappa shape index (κ3) is 4.25. The van der Waals surface area contributed by atoms with Crippen LogP contribution < -0.4 is 5.32 Å². The summed E-state index contributed by atoms with van der Waals surface area (Å²) in [6.07, 6.45) is 0.335.